The van der Waals surface area contributed by atoms with Gasteiger partial charge in [-0.1, -0.05) is 31.2 Å². The number of carbonyl (C=O) groups is 2. The Morgan fingerprint density at radius 3 is 2.39 bits per heavy atom. The zero-order valence-corrected chi connectivity index (χ0v) is 13.5. The van der Waals surface area contributed by atoms with Gasteiger partial charge in [0.05, 0.1) is 5.75 Å². The summed E-state index contributed by atoms with van der Waals surface area (Å²) in [7, 11) is 0. The molecular weight excluding hydrogens is 315 g/mol. The lowest BCUT2D eigenvalue weighted by Gasteiger charge is -2.08. The van der Waals surface area contributed by atoms with Crippen LogP contribution in [0.15, 0.2) is 53.4 Å². The zero-order chi connectivity index (χ0) is 16.7. The Hall–Kier alpha value is -2.34. The normalized spacial score (nSPS) is 10.2. The SMILES string of the molecule is CCc1ccc(C(=O)NNC(=O)CSc2ccccc2F)cc1. The average molecular weight is 332 g/mol. The van der Waals surface area contributed by atoms with Gasteiger partial charge >= 0.3 is 0 Å². The van der Waals surface area contributed by atoms with Crippen molar-refractivity contribution in [3.8, 4) is 0 Å². The van der Waals surface area contributed by atoms with Crippen molar-refractivity contribution < 1.29 is 14.0 Å². The summed E-state index contributed by atoms with van der Waals surface area (Å²) in [6, 6.07) is 13.4. The molecule has 0 atom stereocenters. The van der Waals surface area contributed by atoms with Crippen molar-refractivity contribution >= 4 is 23.6 Å². The van der Waals surface area contributed by atoms with Crippen molar-refractivity contribution in [3.05, 3.63) is 65.5 Å². The van der Waals surface area contributed by atoms with E-state index >= 15 is 0 Å². The molecule has 6 heteroatoms. The maximum atomic E-state index is 13.4. The Kier molecular flexibility index (Phi) is 6.17. The first-order valence-electron chi connectivity index (χ1n) is 7.15. The Bertz CT molecular complexity index is 689. The molecule has 0 spiro atoms. The molecule has 0 bridgehead atoms. The molecule has 2 rings (SSSR count). The number of benzene rings is 2. The van der Waals surface area contributed by atoms with Crippen LogP contribution in [0.4, 0.5) is 4.39 Å². The average Bonchev–Trinajstić information content (AvgIpc) is 2.59. The van der Waals surface area contributed by atoms with Crippen molar-refractivity contribution in [2.45, 2.75) is 18.2 Å². The first kappa shape index (κ1) is 17.0. The summed E-state index contributed by atoms with van der Waals surface area (Å²) in [5.74, 6) is -1.16. The second-order valence-corrected chi connectivity index (χ2v) is 5.79. The molecule has 2 amide bonds. The van der Waals surface area contributed by atoms with Crippen LogP contribution in [-0.4, -0.2) is 17.6 Å². The van der Waals surface area contributed by atoms with Gasteiger partial charge in [-0.15, -0.1) is 11.8 Å². The number of aryl methyl sites for hydroxylation is 1. The summed E-state index contributed by atoms with van der Waals surface area (Å²) in [6.45, 7) is 2.03. The van der Waals surface area contributed by atoms with Crippen LogP contribution in [-0.2, 0) is 11.2 Å². The lowest BCUT2D eigenvalue weighted by atomic mass is 10.1. The van der Waals surface area contributed by atoms with E-state index in [4.69, 9.17) is 0 Å². The number of amides is 2. The van der Waals surface area contributed by atoms with Crippen LogP contribution in [0, 0.1) is 5.82 Å². The van der Waals surface area contributed by atoms with E-state index in [1.54, 1.807) is 30.3 Å². The van der Waals surface area contributed by atoms with E-state index < -0.39 is 11.8 Å². The van der Waals surface area contributed by atoms with Gasteiger partial charge in [-0.05, 0) is 36.2 Å². The third kappa shape index (κ3) is 5.10. The highest BCUT2D eigenvalue weighted by atomic mass is 32.2. The van der Waals surface area contributed by atoms with Gasteiger partial charge < -0.3 is 0 Å². The Morgan fingerprint density at radius 2 is 1.74 bits per heavy atom. The quantitative estimate of drug-likeness (QED) is 0.654. The monoisotopic (exact) mass is 332 g/mol. The maximum Gasteiger partial charge on any atom is 0.269 e. The smallest absolute Gasteiger partial charge is 0.269 e. The molecule has 4 nitrogen and oxygen atoms in total. The van der Waals surface area contributed by atoms with Crippen molar-refractivity contribution in [3.63, 3.8) is 0 Å². The van der Waals surface area contributed by atoms with Gasteiger partial charge in [0, 0.05) is 10.5 Å². The number of nitrogens with one attached hydrogen (secondary N) is 2. The number of hydrogen-bond acceptors (Lipinski definition) is 3. The summed E-state index contributed by atoms with van der Waals surface area (Å²) in [4.78, 5) is 24.0. The molecule has 23 heavy (non-hydrogen) atoms. The molecule has 120 valence electrons. The fourth-order valence-corrected chi connectivity index (χ4v) is 2.57. The fraction of sp³-hybridized carbons (Fsp3) is 0.176. The van der Waals surface area contributed by atoms with E-state index in [2.05, 4.69) is 10.9 Å². The summed E-state index contributed by atoms with van der Waals surface area (Å²) in [6.07, 6.45) is 0.895. The van der Waals surface area contributed by atoms with Crippen molar-refractivity contribution in [2.75, 3.05) is 5.75 Å². The maximum absolute atomic E-state index is 13.4. The van der Waals surface area contributed by atoms with Crippen LogP contribution in [0.5, 0.6) is 0 Å². The van der Waals surface area contributed by atoms with Gasteiger partial charge in [0.2, 0.25) is 5.91 Å². The van der Waals surface area contributed by atoms with Crippen molar-refractivity contribution in [1.82, 2.24) is 10.9 Å². The summed E-state index contributed by atoms with van der Waals surface area (Å²) in [5.41, 5.74) is 6.25. The molecule has 0 aromatic heterocycles. The van der Waals surface area contributed by atoms with Crippen LogP contribution in [0.1, 0.15) is 22.8 Å². The van der Waals surface area contributed by atoms with Crippen LogP contribution < -0.4 is 10.9 Å². The van der Waals surface area contributed by atoms with E-state index in [9.17, 15) is 14.0 Å². The molecular formula is C17H17FN2O2S. The van der Waals surface area contributed by atoms with Gasteiger partial charge in [-0.2, -0.15) is 0 Å². The molecule has 0 unspecified atom stereocenters. The molecule has 0 fully saturated rings. The molecule has 0 aliphatic carbocycles. The lowest BCUT2D eigenvalue weighted by Crippen LogP contribution is -2.42. The Balaban J connectivity index is 1.79. The first-order valence-corrected chi connectivity index (χ1v) is 8.14. The summed E-state index contributed by atoms with van der Waals surface area (Å²) in [5, 5.41) is 0. The fourth-order valence-electron chi connectivity index (χ4n) is 1.83. The molecule has 0 aliphatic heterocycles. The molecule has 0 heterocycles. The largest absolute Gasteiger partial charge is 0.272 e. The van der Waals surface area contributed by atoms with Gasteiger partial charge in [-0.3, -0.25) is 20.4 Å². The second kappa shape index (κ2) is 8.33. The Labute approximate surface area is 138 Å². The minimum atomic E-state index is -0.406. The highest BCUT2D eigenvalue weighted by Crippen LogP contribution is 2.20. The molecule has 2 aromatic rings. The lowest BCUT2D eigenvalue weighted by molar-refractivity contribution is -0.119. The molecule has 2 aromatic carbocycles. The van der Waals surface area contributed by atoms with E-state index in [0.29, 0.717) is 10.5 Å². The molecule has 0 saturated carbocycles. The van der Waals surface area contributed by atoms with Gasteiger partial charge in [0.1, 0.15) is 5.82 Å². The minimum absolute atomic E-state index is 0.00991. The van der Waals surface area contributed by atoms with Crippen LogP contribution in [0.3, 0.4) is 0 Å². The molecule has 0 aliphatic rings. The first-order chi connectivity index (χ1) is 11.1. The van der Waals surface area contributed by atoms with Crippen molar-refractivity contribution in [2.24, 2.45) is 0 Å². The topological polar surface area (TPSA) is 58.2 Å². The highest BCUT2D eigenvalue weighted by Gasteiger charge is 2.09. The van der Waals surface area contributed by atoms with Gasteiger partial charge in [0.15, 0.2) is 0 Å². The van der Waals surface area contributed by atoms with E-state index in [0.717, 1.165) is 23.7 Å². The predicted octanol–water partition coefficient (Wildman–Crippen LogP) is 2.94. The van der Waals surface area contributed by atoms with E-state index in [1.165, 1.54) is 6.07 Å². The van der Waals surface area contributed by atoms with Crippen LogP contribution in [0.25, 0.3) is 0 Å². The minimum Gasteiger partial charge on any atom is -0.272 e. The number of thioether (sulfide) groups is 1. The van der Waals surface area contributed by atoms with Gasteiger partial charge in [-0.25, -0.2) is 4.39 Å². The number of halogens is 1. The molecule has 0 radical (unpaired) electrons. The third-order valence-electron chi connectivity index (χ3n) is 3.14. The van der Waals surface area contributed by atoms with E-state index in [1.807, 2.05) is 19.1 Å². The second-order valence-electron chi connectivity index (χ2n) is 4.77. The standard InChI is InChI=1S/C17H17FN2O2S/c1-2-12-7-9-13(10-8-12)17(22)20-19-16(21)11-23-15-6-4-3-5-14(15)18/h3-10H,2,11H2,1H3,(H,19,21)(H,20,22). The van der Waals surface area contributed by atoms with Crippen LogP contribution >= 0.6 is 11.8 Å². The van der Waals surface area contributed by atoms with Gasteiger partial charge in [0.25, 0.3) is 5.91 Å². The molecule has 2 N–H and O–H groups in total. The zero-order valence-electron chi connectivity index (χ0n) is 12.6. The third-order valence-corrected chi connectivity index (χ3v) is 4.18. The number of carbonyl (C=O) groups excluding carboxylic acids is 2. The van der Waals surface area contributed by atoms with Crippen LogP contribution in [0.2, 0.25) is 0 Å². The number of rotatable bonds is 5. The Morgan fingerprint density at radius 1 is 1.04 bits per heavy atom. The van der Waals surface area contributed by atoms with E-state index in [-0.39, 0.29) is 11.6 Å². The number of hydrogen-bond donors (Lipinski definition) is 2. The van der Waals surface area contributed by atoms with Crippen molar-refractivity contribution in [1.29, 1.82) is 0 Å². The highest BCUT2D eigenvalue weighted by molar-refractivity contribution is 8.00. The molecule has 0 saturated heterocycles. The summed E-state index contributed by atoms with van der Waals surface area (Å²) < 4.78 is 13.4. The summed E-state index contributed by atoms with van der Waals surface area (Å²) >= 11 is 1.07. The number of hydrazine groups is 1. The predicted molar refractivity (Wildman–Crippen MR) is 88.6 cm³/mol.